The minimum absolute atomic E-state index is 0.0299. The minimum Gasteiger partial charge on any atom is -0.475 e. The first kappa shape index (κ1) is 15.7. The molecule has 0 aliphatic carbocycles. The van der Waals surface area contributed by atoms with E-state index in [0.717, 1.165) is 12.1 Å². The first-order chi connectivity index (χ1) is 8.54. The molecule has 1 unspecified atom stereocenters. The van der Waals surface area contributed by atoms with Gasteiger partial charge >= 0.3 is 5.97 Å². The van der Waals surface area contributed by atoms with Crippen LogP contribution in [0, 0.1) is 11.3 Å². The Morgan fingerprint density at radius 3 is 2.42 bits per heavy atom. The van der Waals surface area contributed by atoms with E-state index in [1.165, 1.54) is 0 Å². The number of furan rings is 1. The van der Waals surface area contributed by atoms with Gasteiger partial charge in [-0.3, -0.25) is 0 Å². The summed E-state index contributed by atoms with van der Waals surface area (Å²) in [5, 5.41) is 8.30. The maximum atomic E-state index is 11.9. The lowest BCUT2D eigenvalue weighted by molar-refractivity contribution is 0.0656. The fourth-order valence-corrected chi connectivity index (χ4v) is 2.25. The molecule has 0 aliphatic heterocycles. The van der Waals surface area contributed by atoms with E-state index in [1.807, 2.05) is 27.7 Å². The van der Waals surface area contributed by atoms with Gasteiger partial charge in [0.15, 0.2) is 0 Å². The molecule has 0 radical (unpaired) electrons. The summed E-state index contributed by atoms with van der Waals surface area (Å²) >= 11 is 0. The van der Waals surface area contributed by atoms with Crippen molar-refractivity contribution in [2.24, 2.45) is 11.3 Å². The molecule has 19 heavy (non-hydrogen) atoms. The monoisotopic (exact) mass is 289 g/mol. The Hall–Kier alpha value is -1.34. The van der Waals surface area contributed by atoms with Crippen molar-refractivity contribution in [3.8, 4) is 0 Å². The normalized spacial score (nSPS) is 14.3. The molecule has 0 bridgehead atoms. The molecule has 0 saturated heterocycles. The van der Waals surface area contributed by atoms with Crippen molar-refractivity contribution < 1.29 is 22.7 Å². The highest BCUT2D eigenvalue weighted by atomic mass is 32.2. The molecule has 7 heteroatoms. The average Bonchev–Trinajstić information content (AvgIpc) is 2.74. The zero-order valence-corrected chi connectivity index (χ0v) is 12.2. The zero-order chi connectivity index (χ0) is 14.8. The quantitative estimate of drug-likeness (QED) is 0.863. The molecule has 0 spiro atoms. The van der Waals surface area contributed by atoms with Crippen molar-refractivity contribution in [1.82, 2.24) is 4.72 Å². The molecule has 1 aromatic heterocycles. The lowest BCUT2D eigenvalue weighted by Gasteiger charge is -2.27. The van der Waals surface area contributed by atoms with Crippen LogP contribution in [0.3, 0.4) is 0 Å². The molecule has 0 saturated carbocycles. The Bertz CT molecular complexity index is 553. The third-order valence-electron chi connectivity index (χ3n) is 3.11. The molecule has 0 aromatic carbocycles. The summed E-state index contributed by atoms with van der Waals surface area (Å²) in [5.74, 6) is -1.58. The number of carboxylic acids is 1. The average molecular weight is 289 g/mol. The zero-order valence-electron chi connectivity index (χ0n) is 11.4. The highest BCUT2D eigenvalue weighted by molar-refractivity contribution is 7.89. The molecule has 0 amide bonds. The van der Waals surface area contributed by atoms with Gasteiger partial charge in [0.05, 0.1) is 0 Å². The summed E-state index contributed by atoms with van der Waals surface area (Å²) in [6.45, 7) is 8.24. The summed E-state index contributed by atoms with van der Waals surface area (Å²) in [6.07, 6.45) is 0. The molecule has 1 atom stereocenters. The molecule has 1 rings (SSSR count). The first-order valence-electron chi connectivity index (χ1n) is 5.87. The van der Waals surface area contributed by atoms with Crippen LogP contribution in [-0.2, 0) is 10.0 Å². The lowest BCUT2D eigenvalue weighted by Crippen LogP contribution is -2.33. The maximum Gasteiger partial charge on any atom is 0.371 e. The number of aromatic carboxylic acids is 1. The van der Waals surface area contributed by atoms with E-state index in [-0.39, 0.29) is 23.0 Å². The Morgan fingerprint density at radius 2 is 2.00 bits per heavy atom. The maximum absolute atomic E-state index is 11.9. The minimum atomic E-state index is -3.81. The number of hydrogen-bond donors (Lipinski definition) is 2. The fraction of sp³-hybridized carbons (Fsp3) is 0.583. The van der Waals surface area contributed by atoms with Crippen molar-refractivity contribution in [2.75, 3.05) is 6.54 Å². The van der Waals surface area contributed by atoms with Crippen molar-refractivity contribution in [2.45, 2.75) is 32.8 Å². The van der Waals surface area contributed by atoms with Gasteiger partial charge in [-0.25, -0.2) is 17.9 Å². The number of rotatable bonds is 5. The second kappa shape index (κ2) is 5.34. The van der Waals surface area contributed by atoms with Crippen LogP contribution in [0.2, 0.25) is 0 Å². The van der Waals surface area contributed by atoms with Crippen molar-refractivity contribution in [3.05, 3.63) is 17.9 Å². The third-order valence-corrected chi connectivity index (χ3v) is 4.41. The predicted octanol–water partition coefficient (Wildman–Crippen LogP) is 1.94. The van der Waals surface area contributed by atoms with Gasteiger partial charge in [0.25, 0.3) is 10.0 Å². The smallest absolute Gasteiger partial charge is 0.371 e. The van der Waals surface area contributed by atoms with Crippen LogP contribution < -0.4 is 4.72 Å². The van der Waals surface area contributed by atoms with Gasteiger partial charge in [0, 0.05) is 6.54 Å². The van der Waals surface area contributed by atoms with Crippen LogP contribution in [0.25, 0.3) is 0 Å². The Labute approximate surface area is 112 Å². The number of nitrogens with one attached hydrogen (secondary N) is 1. The lowest BCUT2D eigenvalue weighted by atomic mass is 9.82. The highest BCUT2D eigenvalue weighted by Gasteiger charge is 2.25. The molecular formula is C12H19NO5S. The van der Waals surface area contributed by atoms with Gasteiger partial charge in [-0.15, -0.1) is 0 Å². The summed E-state index contributed by atoms with van der Waals surface area (Å²) < 4.78 is 31.0. The Kier molecular flexibility index (Phi) is 4.42. The topological polar surface area (TPSA) is 96.6 Å². The molecule has 1 heterocycles. The summed E-state index contributed by atoms with van der Waals surface area (Å²) in [7, 11) is -3.81. The van der Waals surface area contributed by atoms with Gasteiger partial charge in [-0.1, -0.05) is 27.7 Å². The Balaban J connectivity index is 2.79. The van der Waals surface area contributed by atoms with Gasteiger partial charge in [0.2, 0.25) is 10.9 Å². The van der Waals surface area contributed by atoms with Gasteiger partial charge in [-0.2, -0.15) is 0 Å². The van der Waals surface area contributed by atoms with Gasteiger partial charge < -0.3 is 9.52 Å². The van der Waals surface area contributed by atoms with Crippen LogP contribution in [0.15, 0.2) is 21.6 Å². The number of carboxylic acid groups (broad SMARTS) is 1. The number of carbonyl (C=O) groups is 1. The van der Waals surface area contributed by atoms with E-state index in [9.17, 15) is 13.2 Å². The summed E-state index contributed by atoms with van der Waals surface area (Å²) in [6, 6.07) is 2.25. The Morgan fingerprint density at radius 1 is 1.42 bits per heavy atom. The number of hydrogen-bond acceptors (Lipinski definition) is 4. The summed E-state index contributed by atoms with van der Waals surface area (Å²) in [4.78, 5) is 10.6. The summed E-state index contributed by atoms with van der Waals surface area (Å²) in [5.41, 5.74) is -0.0299. The molecule has 0 fully saturated rings. The van der Waals surface area contributed by atoms with E-state index in [1.54, 1.807) is 0 Å². The fourth-order valence-electron chi connectivity index (χ4n) is 1.19. The van der Waals surface area contributed by atoms with E-state index < -0.39 is 21.8 Å². The van der Waals surface area contributed by atoms with Crippen LogP contribution in [-0.4, -0.2) is 26.0 Å². The molecular weight excluding hydrogens is 270 g/mol. The SMILES string of the molecule is CC(CNS(=O)(=O)c1ccc(C(=O)O)o1)C(C)(C)C. The van der Waals surface area contributed by atoms with Crippen LogP contribution >= 0.6 is 0 Å². The van der Waals surface area contributed by atoms with Crippen LogP contribution in [0.4, 0.5) is 0 Å². The van der Waals surface area contributed by atoms with Crippen molar-refractivity contribution in [3.63, 3.8) is 0 Å². The molecule has 2 N–H and O–H groups in total. The largest absolute Gasteiger partial charge is 0.475 e. The van der Waals surface area contributed by atoms with Crippen molar-refractivity contribution in [1.29, 1.82) is 0 Å². The number of sulfonamides is 1. The highest BCUT2D eigenvalue weighted by Crippen LogP contribution is 2.25. The second-order valence-corrected chi connectivity index (χ2v) is 7.24. The standard InChI is InChI=1S/C12H19NO5S/c1-8(12(2,3)4)7-13-19(16,17)10-6-5-9(18-10)11(14)15/h5-6,8,13H,7H2,1-4H3,(H,14,15). The molecule has 108 valence electrons. The van der Waals surface area contributed by atoms with Crippen LogP contribution in [0.1, 0.15) is 38.2 Å². The molecule has 6 nitrogen and oxygen atoms in total. The second-order valence-electron chi connectivity index (χ2n) is 5.54. The van der Waals surface area contributed by atoms with Crippen LogP contribution in [0.5, 0.6) is 0 Å². The van der Waals surface area contributed by atoms with E-state index in [0.29, 0.717) is 0 Å². The predicted molar refractivity (Wildman–Crippen MR) is 69.5 cm³/mol. The van der Waals surface area contributed by atoms with Gasteiger partial charge in [-0.05, 0) is 23.5 Å². The van der Waals surface area contributed by atoms with E-state index in [2.05, 4.69) is 4.72 Å². The molecule has 0 aliphatic rings. The first-order valence-corrected chi connectivity index (χ1v) is 7.35. The van der Waals surface area contributed by atoms with E-state index >= 15 is 0 Å². The molecule has 1 aromatic rings. The van der Waals surface area contributed by atoms with Gasteiger partial charge in [0.1, 0.15) is 0 Å². The third kappa shape index (κ3) is 4.07. The van der Waals surface area contributed by atoms with E-state index in [4.69, 9.17) is 9.52 Å². The van der Waals surface area contributed by atoms with Crippen molar-refractivity contribution >= 4 is 16.0 Å².